The van der Waals surface area contributed by atoms with Crippen LogP contribution in [-0.2, 0) is 0 Å². The molecule has 0 saturated heterocycles. The normalized spacial score (nSPS) is 17.9. The van der Waals surface area contributed by atoms with Crippen LogP contribution in [0.3, 0.4) is 0 Å². The quantitative estimate of drug-likeness (QED) is 0.852. The Balaban J connectivity index is 1.92. The van der Waals surface area contributed by atoms with Gasteiger partial charge >= 0.3 is 0 Å². The largest absolute Gasteiger partial charge is 0.367 e. The maximum Gasteiger partial charge on any atom is 0.134 e. The summed E-state index contributed by atoms with van der Waals surface area (Å²) in [5, 5.41) is 6.91. The molecular formula is C12H14N2S. The van der Waals surface area contributed by atoms with Gasteiger partial charge in [0.2, 0.25) is 0 Å². The average Bonchev–Trinajstić information content (AvgIpc) is 2.97. The van der Waals surface area contributed by atoms with E-state index in [9.17, 15) is 0 Å². The van der Waals surface area contributed by atoms with Crippen LogP contribution < -0.4 is 5.32 Å². The van der Waals surface area contributed by atoms with Gasteiger partial charge in [0.15, 0.2) is 0 Å². The number of thiophene rings is 1. The van der Waals surface area contributed by atoms with Crippen molar-refractivity contribution < 1.29 is 0 Å². The van der Waals surface area contributed by atoms with E-state index in [4.69, 9.17) is 0 Å². The van der Waals surface area contributed by atoms with Crippen LogP contribution >= 0.6 is 11.3 Å². The van der Waals surface area contributed by atoms with Crippen LogP contribution in [-0.4, -0.2) is 11.0 Å². The minimum atomic E-state index is 0.558. The zero-order valence-corrected chi connectivity index (χ0v) is 9.55. The summed E-state index contributed by atoms with van der Waals surface area (Å²) in [6.07, 6.45) is 4.63. The van der Waals surface area contributed by atoms with E-state index < -0.39 is 0 Å². The van der Waals surface area contributed by atoms with E-state index in [-0.39, 0.29) is 0 Å². The molecule has 3 rings (SSSR count). The summed E-state index contributed by atoms with van der Waals surface area (Å²) in [6.45, 7) is 2.25. The summed E-state index contributed by atoms with van der Waals surface area (Å²) in [7, 11) is 0. The Kier molecular flexibility index (Phi) is 2.13. The second-order valence-corrected chi connectivity index (χ2v) is 5.21. The minimum absolute atomic E-state index is 0.558. The number of hydrogen-bond donors (Lipinski definition) is 1. The summed E-state index contributed by atoms with van der Waals surface area (Å²) >= 11 is 1.77. The molecule has 1 aliphatic carbocycles. The highest BCUT2D eigenvalue weighted by atomic mass is 32.1. The Morgan fingerprint density at radius 3 is 3.13 bits per heavy atom. The minimum Gasteiger partial charge on any atom is -0.367 e. The Labute approximate surface area is 93.3 Å². The van der Waals surface area contributed by atoms with E-state index >= 15 is 0 Å². The SMILES string of the molecule is CC(Nc1nccc2sccc12)C1CC1. The van der Waals surface area contributed by atoms with Crippen molar-refractivity contribution in [2.45, 2.75) is 25.8 Å². The molecule has 0 aromatic carbocycles. The number of nitrogens with one attached hydrogen (secondary N) is 1. The molecule has 3 heteroatoms. The summed E-state index contributed by atoms with van der Waals surface area (Å²) in [5.74, 6) is 1.91. The molecule has 0 aliphatic heterocycles. The van der Waals surface area contributed by atoms with Crippen molar-refractivity contribution in [2.24, 2.45) is 5.92 Å². The molecule has 2 heterocycles. The van der Waals surface area contributed by atoms with Gasteiger partial charge < -0.3 is 5.32 Å². The second kappa shape index (κ2) is 3.49. The third-order valence-electron chi connectivity index (χ3n) is 3.07. The van der Waals surface area contributed by atoms with Crippen LogP contribution in [0, 0.1) is 5.92 Å². The van der Waals surface area contributed by atoms with Crippen LogP contribution in [0.15, 0.2) is 23.7 Å². The lowest BCUT2D eigenvalue weighted by molar-refractivity contribution is 0.692. The first-order chi connectivity index (χ1) is 7.34. The number of anilines is 1. The van der Waals surface area contributed by atoms with Gasteiger partial charge in [-0.3, -0.25) is 0 Å². The van der Waals surface area contributed by atoms with Gasteiger partial charge in [-0.25, -0.2) is 4.98 Å². The highest BCUT2D eigenvalue weighted by Crippen LogP contribution is 2.35. The van der Waals surface area contributed by atoms with Gasteiger partial charge in [-0.15, -0.1) is 11.3 Å². The van der Waals surface area contributed by atoms with Crippen LogP contribution in [0.4, 0.5) is 5.82 Å². The number of aromatic nitrogens is 1. The summed E-state index contributed by atoms with van der Waals surface area (Å²) in [6, 6.07) is 4.78. The van der Waals surface area contributed by atoms with Gasteiger partial charge in [-0.05, 0) is 43.2 Å². The monoisotopic (exact) mass is 218 g/mol. The fraction of sp³-hybridized carbons (Fsp3) is 0.417. The van der Waals surface area contributed by atoms with Gasteiger partial charge in [-0.2, -0.15) is 0 Å². The molecule has 0 bridgehead atoms. The van der Waals surface area contributed by atoms with Crippen molar-refractivity contribution in [1.29, 1.82) is 0 Å². The summed E-state index contributed by atoms with van der Waals surface area (Å²) in [4.78, 5) is 4.42. The van der Waals surface area contributed by atoms with E-state index in [1.54, 1.807) is 11.3 Å². The van der Waals surface area contributed by atoms with Gasteiger partial charge in [0, 0.05) is 22.3 Å². The Morgan fingerprint density at radius 2 is 2.33 bits per heavy atom. The fourth-order valence-electron chi connectivity index (χ4n) is 1.94. The zero-order chi connectivity index (χ0) is 10.3. The van der Waals surface area contributed by atoms with E-state index in [0.717, 1.165) is 11.7 Å². The number of fused-ring (bicyclic) bond motifs is 1. The van der Waals surface area contributed by atoms with Gasteiger partial charge in [0.1, 0.15) is 5.82 Å². The molecule has 1 atom stereocenters. The van der Waals surface area contributed by atoms with E-state index in [1.807, 2.05) is 6.20 Å². The molecule has 1 N–H and O–H groups in total. The van der Waals surface area contributed by atoms with Crippen molar-refractivity contribution >= 4 is 27.2 Å². The highest BCUT2D eigenvalue weighted by molar-refractivity contribution is 7.17. The van der Waals surface area contributed by atoms with Crippen molar-refractivity contribution in [3.05, 3.63) is 23.7 Å². The smallest absolute Gasteiger partial charge is 0.134 e. The summed E-state index contributed by atoms with van der Waals surface area (Å²) in [5.41, 5.74) is 0. The predicted octanol–water partition coefficient (Wildman–Crippen LogP) is 3.51. The van der Waals surface area contributed by atoms with Crippen LogP contribution in [0.1, 0.15) is 19.8 Å². The third kappa shape index (κ3) is 1.72. The number of nitrogens with zero attached hydrogens (tertiary/aromatic N) is 1. The lowest BCUT2D eigenvalue weighted by Gasteiger charge is -2.13. The molecule has 1 aliphatic rings. The van der Waals surface area contributed by atoms with Crippen LogP contribution in [0.25, 0.3) is 10.1 Å². The first-order valence-corrected chi connectivity index (χ1v) is 6.31. The molecule has 2 aromatic heterocycles. The van der Waals surface area contributed by atoms with Gasteiger partial charge in [0.25, 0.3) is 0 Å². The van der Waals surface area contributed by atoms with Gasteiger partial charge in [-0.1, -0.05) is 0 Å². The first-order valence-electron chi connectivity index (χ1n) is 5.43. The maximum absolute atomic E-state index is 4.42. The van der Waals surface area contributed by atoms with E-state index in [1.165, 1.54) is 22.9 Å². The molecular weight excluding hydrogens is 204 g/mol. The molecule has 2 aromatic rings. The van der Waals surface area contributed by atoms with Crippen LogP contribution in [0.5, 0.6) is 0 Å². The van der Waals surface area contributed by atoms with Crippen molar-refractivity contribution in [1.82, 2.24) is 4.98 Å². The molecule has 0 radical (unpaired) electrons. The molecule has 1 fully saturated rings. The molecule has 0 amide bonds. The Bertz CT molecular complexity index is 473. The number of hydrogen-bond acceptors (Lipinski definition) is 3. The second-order valence-electron chi connectivity index (χ2n) is 4.26. The first kappa shape index (κ1) is 9.16. The topological polar surface area (TPSA) is 24.9 Å². The lowest BCUT2D eigenvalue weighted by Crippen LogP contribution is -2.18. The lowest BCUT2D eigenvalue weighted by atomic mass is 10.2. The van der Waals surface area contributed by atoms with E-state index in [0.29, 0.717) is 6.04 Å². The Morgan fingerprint density at radius 1 is 1.47 bits per heavy atom. The standard InChI is InChI=1S/C12H14N2S/c1-8(9-2-3-9)14-12-10-5-7-15-11(10)4-6-13-12/h4-9H,2-3H2,1H3,(H,13,14). The maximum atomic E-state index is 4.42. The molecule has 1 saturated carbocycles. The molecule has 78 valence electrons. The van der Waals surface area contributed by atoms with Crippen molar-refractivity contribution in [2.75, 3.05) is 5.32 Å². The highest BCUT2D eigenvalue weighted by Gasteiger charge is 2.28. The number of rotatable bonds is 3. The third-order valence-corrected chi connectivity index (χ3v) is 3.96. The fourth-order valence-corrected chi connectivity index (χ4v) is 2.72. The number of pyridine rings is 1. The Hall–Kier alpha value is -1.09. The average molecular weight is 218 g/mol. The predicted molar refractivity (Wildman–Crippen MR) is 65.4 cm³/mol. The molecule has 1 unspecified atom stereocenters. The van der Waals surface area contributed by atoms with Crippen LogP contribution in [0.2, 0.25) is 0 Å². The molecule has 0 spiro atoms. The zero-order valence-electron chi connectivity index (χ0n) is 8.73. The molecule has 2 nitrogen and oxygen atoms in total. The van der Waals surface area contributed by atoms with Crippen molar-refractivity contribution in [3.63, 3.8) is 0 Å². The summed E-state index contributed by atoms with van der Waals surface area (Å²) < 4.78 is 1.32. The van der Waals surface area contributed by atoms with Gasteiger partial charge in [0.05, 0.1) is 0 Å². The van der Waals surface area contributed by atoms with E-state index in [2.05, 4.69) is 34.7 Å². The van der Waals surface area contributed by atoms with Crippen molar-refractivity contribution in [3.8, 4) is 0 Å². The molecule has 15 heavy (non-hydrogen) atoms.